The summed E-state index contributed by atoms with van der Waals surface area (Å²) in [5.41, 5.74) is 0. The zero-order valence-corrected chi connectivity index (χ0v) is 9.65. The molecule has 0 spiro atoms. The number of nitrogens with one attached hydrogen (secondary N) is 1. The van der Waals surface area contributed by atoms with Crippen LogP contribution in [0.15, 0.2) is 0 Å². The maximum atomic E-state index is 11.0. The molecule has 0 bridgehead atoms. The van der Waals surface area contributed by atoms with E-state index in [2.05, 4.69) is 5.32 Å². The molecular weight excluding hydrogens is 198 g/mol. The van der Waals surface area contributed by atoms with Crippen molar-refractivity contribution in [3.8, 4) is 0 Å². The Hall–Kier alpha value is -0.650. The summed E-state index contributed by atoms with van der Waals surface area (Å²) in [5, 5.41) is 2.83. The number of hydrogen-bond donors (Lipinski definition) is 1. The lowest BCUT2D eigenvalue weighted by Crippen LogP contribution is -2.56. The molecule has 1 heterocycles. The van der Waals surface area contributed by atoms with Crippen LogP contribution >= 0.6 is 0 Å². The highest BCUT2D eigenvalue weighted by atomic mass is 16.7. The molecule has 0 saturated carbocycles. The third-order valence-corrected chi connectivity index (χ3v) is 2.63. The summed E-state index contributed by atoms with van der Waals surface area (Å²) in [6.45, 7) is 3.39. The maximum absolute atomic E-state index is 11.0. The van der Waals surface area contributed by atoms with Crippen molar-refractivity contribution >= 4 is 5.91 Å². The minimum atomic E-state index is -0.255. The largest absolute Gasteiger partial charge is 0.379 e. The van der Waals surface area contributed by atoms with Gasteiger partial charge in [-0.3, -0.25) is 4.79 Å². The van der Waals surface area contributed by atoms with Crippen molar-refractivity contribution in [3.05, 3.63) is 0 Å². The predicted molar refractivity (Wildman–Crippen MR) is 54.4 cm³/mol. The fourth-order valence-corrected chi connectivity index (χ4v) is 1.86. The molecule has 5 nitrogen and oxygen atoms in total. The summed E-state index contributed by atoms with van der Waals surface area (Å²) in [7, 11) is 3.23. The molecule has 5 heteroatoms. The summed E-state index contributed by atoms with van der Waals surface area (Å²) in [6, 6.07) is -0.112. The van der Waals surface area contributed by atoms with E-state index in [1.807, 2.05) is 6.92 Å². The van der Waals surface area contributed by atoms with Gasteiger partial charge in [0.1, 0.15) is 0 Å². The third-order valence-electron chi connectivity index (χ3n) is 2.63. The highest BCUT2D eigenvalue weighted by Crippen LogP contribution is 2.22. The van der Waals surface area contributed by atoms with Gasteiger partial charge in [0, 0.05) is 27.6 Å². The van der Waals surface area contributed by atoms with Gasteiger partial charge in [-0.05, 0) is 6.92 Å². The van der Waals surface area contributed by atoms with Crippen molar-refractivity contribution < 1.29 is 19.0 Å². The average molecular weight is 217 g/mol. The molecule has 0 radical (unpaired) electrons. The van der Waals surface area contributed by atoms with E-state index in [-0.39, 0.29) is 30.4 Å². The molecule has 15 heavy (non-hydrogen) atoms. The van der Waals surface area contributed by atoms with Gasteiger partial charge in [-0.2, -0.15) is 0 Å². The average Bonchev–Trinajstić information content (AvgIpc) is 2.20. The van der Waals surface area contributed by atoms with Crippen molar-refractivity contribution in [1.82, 2.24) is 5.32 Å². The molecule has 0 aliphatic carbocycles. The van der Waals surface area contributed by atoms with Crippen LogP contribution in [0.1, 0.15) is 20.3 Å². The van der Waals surface area contributed by atoms with Crippen LogP contribution in [0, 0.1) is 0 Å². The van der Waals surface area contributed by atoms with E-state index in [1.165, 1.54) is 6.92 Å². The van der Waals surface area contributed by atoms with Crippen LogP contribution < -0.4 is 5.32 Å². The maximum Gasteiger partial charge on any atom is 0.217 e. The van der Waals surface area contributed by atoms with Crippen LogP contribution in [-0.2, 0) is 19.0 Å². The van der Waals surface area contributed by atoms with E-state index in [0.717, 1.165) is 0 Å². The van der Waals surface area contributed by atoms with Gasteiger partial charge in [0.05, 0.1) is 18.2 Å². The molecule has 4 atom stereocenters. The number of methoxy groups -OCH3 is 2. The van der Waals surface area contributed by atoms with Crippen molar-refractivity contribution in [2.75, 3.05) is 14.2 Å². The van der Waals surface area contributed by atoms with E-state index in [0.29, 0.717) is 6.42 Å². The summed E-state index contributed by atoms with van der Waals surface area (Å²) in [5.74, 6) is -0.0756. The second-order valence-electron chi connectivity index (χ2n) is 3.74. The van der Waals surface area contributed by atoms with Crippen molar-refractivity contribution in [1.29, 1.82) is 0 Å². The van der Waals surface area contributed by atoms with Gasteiger partial charge >= 0.3 is 0 Å². The van der Waals surface area contributed by atoms with E-state index >= 15 is 0 Å². The SMILES string of the molecule is CO[C@@H]1C[C@H](OC)[C@@H](NC(C)=O)[C@H](C)O1. The van der Waals surface area contributed by atoms with Gasteiger partial charge in [-0.15, -0.1) is 0 Å². The van der Waals surface area contributed by atoms with Gasteiger partial charge in [-0.1, -0.05) is 0 Å². The molecule has 1 saturated heterocycles. The van der Waals surface area contributed by atoms with E-state index in [4.69, 9.17) is 14.2 Å². The number of carbonyl (C=O) groups excluding carboxylic acids is 1. The van der Waals surface area contributed by atoms with Crippen LogP contribution in [0.3, 0.4) is 0 Å². The first-order chi connectivity index (χ1) is 7.08. The predicted octanol–water partition coefficient (Wildman–Crippen LogP) is 0.287. The highest BCUT2D eigenvalue weighted by Gasteiger charge is 2.37. The van der Waals surface area contributed by atoms with Crippen LogP contribution in [0.5, 0.6) is 0 Å². The Morgan fingerprint density at radius 2 is 2.07 bits per heavy atom. The van der Waals surface area contributed by atoms with Gasteiger partial charge in [0.15, 0.2) is 6.29 Å². The minimum absolute atomic E-state index is 0.0670. The smallest absolute Gasteiger partial charge is 0.217 e. The lowest BCUT2D eigenvalue weighted by molar-refractivity contribution is -0.214. The molecular formula is C10H19NO4. The monoisotopic (exact) mass is 217 g/mol. The Balaban J connectivity index is 2.64. The number of rotatable bonds is 3. The fraction of sp³-hybridized carbons (Fsp3) is 0.900. The Bertz CT molecular complexity index is 221. The Morgan fingerprint density at radius 3 is 2.53 bits per heavy atom. The van der Waals surface area contributed by atoms with Gasteiger partial charge in [-0.25, -0.2) is 0 Å². The normalized spacial score (nSPS) is 36.3. The number of amides is 1. The van der Waals surface area contributed by atoms with Crippen LogP contribution in [0.2, 0.25) is 0 Å². The molecule has 1 aliphatic heterocycles. The molecule has 0 aromatic rings. The quantitative estimate of drug-likeness (QED) is 0.738. The second kappa shape index (κ2) is 5.44. The van der Waals surface area contributed by atoms with Crippen molar-refractivity contribution in [2.45, 2.75) is 44.8 Å². The summed E-state index contributed by atoms with van der Waals surface area (Å²) in [6.07, 6.45) is 0.192. The van der Waals surface area contributed by atoms with Crippen LogP contribution in [0.4, 0.5) is 0 Å². The second-order valence-corrected chi connectivity index (χ2v) is 3.74. The first-order valence-corrected chi connectivity index (χ1v) is 5.06. The summed E-state index contributed by atoms with van der Waals surface area (Å²) in [4.78, 5) is 11.0. The molecule has 1 amide bonds. The lowest BCUT2D eigenvalue weighted by Gasteiger charge is -2.39. The Labute approximate surface area is 90.1 Å². The Kier molecular flexibility index (Phi) is 4.50. The molecule has 1 fully saturated rings. The third kappa shape index (κ3) is 3.15. The minimum Gasteiger partial charge on any atom is -0.379 e. The molecule has 1 N–H and O–H groups in total. The highest BCUT2D eigenvalue weighted by molar-refractivity contribution is 5.73. The number of hydrogen-bond acceptors (Lipinski definition) is 4. The molecule has 0 unspecified atom stereocenters. The standard InChI is InChI=1S/C10H19NO4/c1-6-10(11-7(2)12)8(13-3)5-9(14-4)15-6/h6,8-10H,5H2,1-4H3,(H,11,12)/t6-,8-,9-,10-/m0/s1. The van der Waals surface area contributed by atoms with Gasteiger partial charge in [0.25, 0.3) is 0 Å². The first kappa shape index (κ1) is 12.4. The zero-order chi connectivity index (χ0) is 11.4. The van der Waals surface area contributed by atoms with E-state index in [9.17, 15) is 4.79 Å². The summed E-state index contributed by atoms with van der Waals surface area (Å²) < 4.78 is 16.0. The van der Waals surface area contributed by atoms with E-state index < -0.39 is 0 Å². The first-order valence-electron chi connectivity index (χ1n) is 5.06. The number of ether oxygens (including phenoxy) is 3. The molecule has 1 aliphatic rings. The molecule has 0 aromatic carbocycles. The van der Waals surface area contributed by atoms with Crippen molar-refractivity contribution in [2.24, 2.45) is 0 Å². The zero-order valence-electron chi connectivity index (χ0n) is 9.65. The topological polar surface area (TPSA) is 56.8 Å². The molecule has 1 rings (SSSR count). The fourth-order valence-electron chi connectivity index (χ4n) is 1.86. The van der Waals surface area contributed by atoms with Gasteiger partial charge < -0.3 is 19.5 Å². The van der Waals surface area contributed by atoms with Gasteiger partial charge in [0.2, 0.25) is 5.91 Å². The number of carbonyl (C=O) groups is 1. The molecule has 88 valence electrons. The van der Waals surface area contributed by atoms with E-state index in [1.54, 1.807) is 14.2 Å². The van der Waals surface area contributed by atoms with Crippen LogP contribution in [0.25, 0.3) is 0 Å². The Morgan fingerprint density at radius 1 is 1.40 bits per heavy atom. The summed E-state index contributed by atoms with van der Waals surface area (Å²) >= 11 is 0. The molecule has 0 aromatic heterocycles. The van der Waals surface area contributed by atoms with Crippen molar-refractivity contribution in [3.63, 3.8) is 0 Å². The van der Waals surface area contributed by atoms with Crippen LogP contribution in [-0.4, -0.2) is 44.7 Å². The lowest BCUT2D eigenvalue weighted by atomic mass is 9.99.